The molecule has 4 nitrogen and oxygen atoms in total. The molecule has 1 aliphatic heterocycles. The highest BCUT2D eigenvalue weighted by atomic mass is 15.2. The van der Waals surface area contributed by atoms with Crippen LogP contribution in [-0.4, -0.2) is 26.2 Å². The summed E-state index contributed by atoms with van der Waals surface area (Å²) >= 11 is 0. The highest BCUT2D eigenvalue weighted by Gasteiger charge is 2.11. The maximum Gasteiger partial charge on any atom is 0.0670 e. The van der Waals surface area contributed by atoms with Crippen LogP contribution in [0.15, 0.2) is 18.2 Å². The number of benzene rings is 1. The van der Waals surface area contributed by atoms with E-state index >= 15 is 0 Å². The minimum atomic E-state index is 0.381. The third kappa shape index (κ3) is 2.26. The lowest BCUT2D eigenvalue weighted by Gasteiger charge is -2.29. The van der Waals surface area contributed by atoms with Gasteiger partial charge in [0.25, 0.3) is 0 Å². The van der Waals surface area contributed by atoms with Crippen LogP contribution in [0.3, 0.4) is 0 Å². The molecule has 0 amide bonds. The summed E-state index contributed by atoms with van der Waals surface area (Å²) in [5.74, 6) is 0. The van der Waals surface area contributed by atoms with Gasteiger partial charge in [0.05, 0.1) is 12.5 Å². The molecule has 0 unspecified atom stereocenters. The number of anilines is 2. The number of hydrogen-bond acceptors (Lipinski definition) is 4. The van der Waals surface area contributed by atoms with Crippen molar-refractivity contribution in [2.45, 2.75) is 6.42 Å². The van der Waals surface area contributed by atoms with Crippen molar-refractivity contribution < 1.29 is 0 Å². The van der Waals surface area contributed by atoms with E-state index in [2.05, 4.69) is 16.3 Å². The average Bonchev–Trinajstić information content (AvgIpc) is 2.33. The summed E-state index contributed by atoms with van der Waals surface area (Å²) in [5, 5.41) is 12.0. The zero-order valence-corrected chi connectivity index (χ0v) is 9.24. The summed E-state index contributed by atoms with van der Waals surface area (Å²) < 4.78 is 0. The fourth-order valence-corrected chi connectivity index (χ4v) is 1.95. The molecule has 1 aliphatic rings. The first-order valence-electron chi connectivity index (χ1n) is 5.52. The number of piperazine rings is 1. The molecule has 0 atom stereocenters. The predicted molar refractivity (Wildman–Crippen MR) is 65.3 cm³/mol. The zero-order chi connectivity index (χ0) is 11.4. The van der Waals surface area contributed by atoms with E-state index < -0.39 is 0 Å². The highest BCUT2D eigenvalue weighted by molar-refractivity contribution is 5.59. The second-order valence-corrected chi connectivity index (χ2v) is 3.96. The molecular formula is C12H16N4. The Kier molecular flexibility index (Phi) is 3.28. The monoisotopic (exact) mass is 216 g/mol. The molecule has 0 aliphatic carbocycles. The first-order chi connectivity index (χ1) is 7.81. The number of nitriles is 1. The molecule has 0 spiro atoms. The lowest BCUT2D eigenvalue weighted by atomic mass is 10.1. The molecule has 1 heterocycles. The maximum absolute atomic E-state index is 8.72. The summed E-state index contributed by atoms with van der Waals surface area (Å²) in [7, 11) is 0. The molecule has 0 radical (unpaired) electrons. The first kappa shape index (κ1) is 10.8. The molecule has 1 fully saturated rings. The molecule has 0 saturated carbocycles. The van der Waals surface area contributed by atoms with Crippen LogP contribution in [0.2, 0.25) is 0 Å². The fraction of sp³-hybridized carbons (Fsp3) is 0.417. The van der Waals surface area contributed by atoms with E-state index in [0.29, 0.717) is 12.1 Å². The Bertz CT molecular complexity index is 402. The standard InChI is InChI=1S/C12H16N4/c13-4-3-10-9-11(1-2-12(10)14)16-7-5-15-6-8-16/h1-2,9,15H,3,5-8,14H2. The van der Waals surface area contributed by atoms with Gasteiger partial charge in [-0.05, 0) is 23.8 Å². The Labute approximate surface area is 95.7 Å². The first-order valence-corrected chi connectivity index (χ1v) is 5.52. The van der Waals surface area contributed by atoms with Gasteiger partial charge in [0.2, 0.25) is 0 Å². The molecule has 1 aromatic carbocycles. The molecule has 84 valence electrons. The van der Waals surface area contributed by atoms with Crippen LogP contribution in [0.1, 0.15) is 5.56 Å². The Morgan fingerprint density at radius 3 is 2.81 bits per heavy atom. The summed E-state index contributed by atoms with van der Waals surface area (Å²) in [6, 6.07) is 8.10. The third-order valence-electron chi connectivity index (χ3n) is 2.88. The van der Waals surface area contributed by atoms with E-state index in [-0.39, 0.29) is 0 Å². The molecule has 0 bridgehead atoms. The molecule has 16 heavy (non-hydrogen) atoms. The van der Waals surface area contributed by atoms with Crippen molar-refractivity contribution in [3.63, 3.8) is 0 Å². The van der Waals surface area contributed by atoms with Crippen LogP contribution in [0.25, 0.3) is 0 Å². The van der Waals surface area contributed by atoms with E-state index in [1.807, 2.05) is 18.2 Å². The Morgan fingerprint density at radius 2 is 2.12 bits per heavy atom. The Morgan fingerprint density at radius 1 is 1.38 bits per heavy atom. The second-order valence-electron chi connectivity index (χ2n) is 3.96. The van der Waals surface area contributed by atoms with Crippen molar-refractivity contribution in [2.75, 3.05) is 36.8 Å². The normalized spacial score (nSPS) is 15.8. The van der Waals surface area contributed by atoms with Gasteiger partial charge in [-0.15, -0.1) is 0 Å². The van der Waals surface area contributed by atoms with E-state index in [4.69, 9.17) is 11.0 Å². The quantitative estimate of drug-likeness (QED) is 0.716. The zero-order valence-electron chi connectivity index (χ0n) is 9.24. The van der Waals surface area contributed by atoms with Crippen LogP contribution < -0.4 is 16.0 Å². The lowest BCUT2D eigenvalue weighted by molar-refractivity contribution is 0.589. The van der Waals surface area contributed by atoms with E-state index in [1.165, 1.54) is 5.69 Å². The van der Waals surface area contributed by atoms with Crippen LogP contribution in [0.5, 0.6) is 0 Å². The van der Waals surface area contributed by atoms with Crippen molar-refractivity contribution in [1.29, 1.82) is 5.26 Å². The summed E-state index contributed by atoms with van der Waals surface area (Å²) in [4.78, 5) is 2.32. The van der Waals surface area contributed by atoms with Gasteiger partial charge >= 0.3 is 0 Å². The largest absolute Gasteiger partial charge is 0.398 e. The van der Waals surface area contributed by atoms with E-state index in [0.717, 1.165) is 31.7 Å². The second kappa shape index (κ2) is 4.86. The summed E-state index contributed by atoms with van der Waals surface area (Å²) in [5.41, 5.74) is 8.63. The highest BCUT2D eigenvalue weighted by Crippen LogP contribution is 2.21. The van der Waals surface area contributed by atoms with Gasteiger partial charge in [-0.25, -0.2) is 0 Å². The van der Waals surface area contributed by atoms with Crippen LogP contribution in [0, 0.1) is 11.3 Å². The van der Waals surface area contributed by atoms with Crippen molar-refractivity contribution >= 4 is 11.4 Å². The molecule has 0 aromatic heterocycles. The van der Waals surface area contributed by atoms with Gasteiger partial charge < -0.3 is 16.0 Å². The number of hydrogen-bond donors (Lipinski definition) is 2. The van der Waals surface area contributed by atoms with Gasteiger partial charge in [-0.3, -0.25) is 0 Å². The van der Waals surface area contributed by atoms with Gasteiger partial charge in [0, 0.05) is 37.6 Å². The van der Waals surface area contributed by atoms with Gasteiger partial charge in [-0.1, -0.05) is 0 Å². The Hall–Kier alpha value is -1.73. The molecule has 1 saturated heterocycles. The molecule has 4 heteroatoms. The topological polar surface area (TPSA) is 65.1 Å². The molecule has 2 rings (SSSR count). The summed E-state index contributed by atoms with van der Waals surface area (Å²) in [6.07, 6.45) is 0.381. The smallest absolute Gasteiger partial charge is 0.0670 e. The molecule has 3 N–H and O–H groups in total. The van der Waals surface area contributed by atoms with Gasteiger partial charge in [0.1, 0.15) is 0 Å². The van der Waals surface area contributed by atoms with Crippen molar-refractivity contribution in [3.8, 4) is 6.07 Å². The maximum atomic E-state index is 8.72. The lowest BCUT2D eigenvalue weighted by Crippen LogP contribution is -2.43. The fourth-order valence-electron chi connectivity index (χ4n) is 1.95. The van der Waals surface area contributed by atoms with Crippen LogP contribution in [-0.2, 0) is 6.42 Å². The Balaban J connectivity index is 2.21. The SMILES string of the molecule is N#CCc1cc(N2CCNCC2)ccc1N. The van der Waals surface area contributed by atoms with E-state index in [9.17, 15) is 0 Å². The number of nitrogens with one attached hydrogen (secondary N) is 1. The molecular weight excluding hydrogens is 200 g/mol. The minimum Gasteiger partial charge on any atom is -0.398 e. The van der Waals surface area contributed by atoms with Crippen molar-refractivity contribution in [3.05, 3.63) is 23.8 Å². The van der Waals surface area contributed by atoms with Crippen molar-refractivity contribution in [1.82, 2.24) is 5.32 Å². The van der Waals surface area contributed by atoms with Crippen LogP contribution >= 0.6 is 0 Å². The van der Waals surface area contributed by atoms with Crippen LogP contribution in [0.4, 0.5) is 11.4 Å². The van der Waals surface area contributed by atoms with Gasteiger partial charge in [0.15, 0.2) is 0 Å². The van der Waals surface area contributed by atoms with Crippen molar-refractivity contribution in [2.24, 2.45) is 0 Å². The summed E-state index contributed by atoms with van der Waals surface area (Å²) in [6.45, 7) is 4.04. The predicted octanol–water partition coefficient (Wildman–Crippen LogP) is 0.744. The number of rotatable bonds is 2. The van der Waals surface area contributed by atoms with E-state index in [1.54, 1.807) is 0 Å². The number of nitrogens with two attached hydrogens (primary N) is 1. The average molecular weight is 216 g/mol. The number of nitrogens with zero attached hydrogens (tertiary/aromatic N) is 2. The third-order valence-corrected chi connectivity index (χ3v) is 2.88. The van der Waals surface area contributed by atoms with Gasteiger partial charge in [-0.2, -0.15) is 5.26 Å². The molecule has 1 aromatic rings. The number of nitrogen functional groups attached to an aromatic ring is 1. The minimum absolute atomic E-state index is 0.381.